The Morgan fingerprint density at radius 2 is 0.783 bits per heavy atom. The molecule has 0 unspecified atom stereocenters. The normalized spacial score (nSPS) is 11.3. The molecule has 2 heteroatoms. The summed E-state index contributed by atoms with van der Waals surface area (Å²) in [6, 6.07) is 86.3. The molecule has 282 valence electrons. The Morgan fingerprint density at radius 1 is 0.267 bits per heavy atom. The Labute approximate surface area is 354 Å². The average Bonchev–Trinajstić information content (AvgIpc) is 3.70. The van der Waals surface area contributed by atoms with Crippen LogP contribution < -0.4 is 4.90 Å². The van der Waals surface area contributed by atoms with Crippen LogP contribution in [0, 0.1) is 0 Å². The fourth-order valence-electron chi connectivity index (χ4n) is 8.71. The minimum Gasteiger partial charge on any atom is -0.310 e. The van der Waals surface area contributed by atoms with Crippen molar-refractivity contribution in [3.05, 3.63) is 237 Å². The van der Waals surface area contributed by atoms with Gasteiger partial charge in [-0.15, -0.1) is 11.3 Å². The third-order valence-electron chi connectivity index (χ3n) is 11.6. The number of para-hydroxylation sites is 1. The standard InChI is InChI=1S/C58H39NS/c1-3-15-40(16-4-1)47-36-48(41-17-5-2-6-18-41)38-50(37-47)59(49-32-29-42(30-33-49)44-31-34-58-55(39-44)54-25-10-12-28-57(54)60-58)56-27-11-9-24-53(56)46-22-13-21-45(35-46)52-26-14-20-43-19-7-8-23-51(43)52/h1-39H. The zero-order valence-electron chi connectivity index (χ0n) is 32.9. The van der Waals surface area contributed by atoms with Gasteiger partial charge in [0.05, 0.1) is 5.69 Å². The topological polar surface area (TPSA) is 3.24 Å². The predicted molar refractivity (Wildman–Crippen MR) is 259 cm³/mol. The molecule has 0 spiro atoms. The molecule has 0 amide bonds. The van der Waals surface area contributed by atoms with E-state index in [-0.39, 0.29) is 0 Å². The number of nitrogens with zero attached hydrogens (tertiary/aromatic N) is 1. The van der Waals surface area contributed by atoms with Crippen molar-refractivity contribution >= 4 is 59.3 Å². The number of hydrogen-bond acceptors (Lipinski definition) is 2. The van der Waals surface area contributed by atoms with Gasteiger partial charge in [0.2, 0.25) is 0 Å². The Morgan fingerprint density at radius 3 is 1.55 bits per heavy atom. The fourth-order valence-corrected chi connectivity index (χ4v) is 9.80. The predicted octanol–water partition coefficient (Wildman–Crippen LogP) is 17.0. The maximum atomic E-state index is 2.44. The van der Waals surface area contributed by atoms with Crippen LogP contribution in [0.4, 0.5) is 17.1 Å². The smallest absolute Gasteiger partial charge is 0.0540 e. The summed E-state index contributed by atoms with van der Waals surface area (Å²) in [4.78, 5) is 2.44. The molecule has 1 aromatic heterocycles. The van der Waals surface area contributed by atoms with Gasteiger partial charge in [-0.1, -0.05) is 176 Å². The zero-order valence-corrected chi connectivity index (χ0v) is 33.7. The van der Waals surface area contributed by atoms with Gasteiger partial charge in [-0.2, -0.15) is 0 Å². The third kappa shape index (κ3) is 6.63. The highest BCUT2D eigenvalue weighted by Gasteiger charge is 2.20. The average molecular weight is 782 g/mol. The van der Waals surface area contributed by atoms with Crippen LogP contribution in [0.25, 0.3) is 86.6 Å². The number of thiophene rings is 1. The van der Waals surface area contributed by atoms with Gasteiger partial charge in [-0.3, -0.25) is 0 Å². The minimum absolute atomic E-state index is 1.09. The second-order valence-electron chi connectivity index (χ2n) is 15.3. The van der Waals surface area contributed by atoms with Gasteiger partial charge >= 0.3 is 0 Å². The number of benzene rings is 10. The summed E-state index contributed by atoms with van der Waals surface area (Å²) in [7, 11) is 0. The third-order valence-corrected chi connectivity index (χ3v) is 12.8. The molecule has 0 saturated heterocycles. The van der Waals surface area contributed by atoms with Crippen molar-refractivity contribution in [2.24, 2.45) is 0 Å². The van der Waals surface area contributed by atoms with Crippen LogP contribution in [0.15, 0.2) is 237 Å². The Kier molecular flexibility index (Phi) is 9.11. The van der Waals surface area contributed by atoms with Gasteiger partial charge < -0.3 is 4.90 Å². The van der Waals surface area contributed by atoms with Crippen LogP contribution >= 0.6 is 11.3 Å². The first-order chi connectivity index (χ1) is 29.7. The molecule has 0 fully saturated rings. The van der Waals surface area contributed by atoms with Gasteiger partial charge in [0.15, 0.2) is 0 Å². The second-order valence-corrected chi connectivity index (χ2v) is 16.4. The molecule has 11 aromatic rings. The maximum absolute atomic E-state index is 2.44. The van der Waals surface area contributed by atoms with Crippen LogP contribution in [0.3, 0.4) is 0 Å². The molecule has 1 nitrogen and oxygen atoms in total. The molecule has 11 rings (SSSR count). The summed E-state index contributed by atoms with van der Waals surface area (Å²) in [6.07, 6.45) is 0. The minimum atomic E-state index is 1.09. The van der Waals surface area contributed by atoms with E-state index in [1.54, 1.807) is 0 Å². The molecule has 10 aromatic carbocycles. The molecular formula is C58H39NS. The summed E-state index contributed by atoms with van der Waals surface area (Å²) >= 11 is 1.86. The van der Waals surface area contributed by atoms with Gasteiger partial charge in [-0.05, 0) is 122 Å². The van der Waals surface area contributed by atoms with Gasteiger partial charge in [0, 0.05) is 37.1 Å². The number of fused-ring (bicyclic) bond motifs is 4. The van der Waals surface area contributed by atoms with Crippen molar-refractivity contribution in [3.8, 4) is 55.6 Å². The zero-order chi connectivity index (χ0) is 39.8. The van der Waals surface area contributed by atoms with E-state index in [0.717, 1.165) is 28.2 Å². The van der Waals surface area contributed by atoms with Crippen molar-refractivity contribution in [2.75, 3.05) is 4.90 Å². The van der Waals surface area contributed by atoms with E-state index in [9.17, 15) is 0 Å². The van der Waals surface area contributed by atoms with Crippen molar-refractivity contribution in [2.45, 2.75) is 0 Å². The molecule has 0 bridgehead atoms. The van der Waals surface area contributed by atoms with E-state index in [4.69, 9.17) is 0 Å². The van der Waals surface area contributed by atoms with Crippen molar-refractivity contribution in [3.63, 3.8) is 0 Å². The fraction of sp³-hybridized carbons (Fsp3) is 0. The summed E-state index contributed by atoms with van der Waals surface area (Å²) in [5, 5.41) is 5.12. The summed E-state index contributed by atoms with van der Waals surface area (Å²) in [6.45, 7) is 0. The Bertz CT molecular complexity index is 3250. The second kappa shape index (κ2) is 15.3. The first-order valence-electron chi connectivity index (χ1n) is 20.5. The molecular weight excluding hydrogens is 743 g/mol. The maximum Gasteiger partial charge on any atom is 0.0540 e. The van der Waals surface area contributed by atoms with Gasteiger partial charge in [-0.25, -0.2) is 0 Å². The van der Waals surface area contributed by atoms with Crippen LogP contribution in [0.1, 0.15) is 0 Å². The molecule has 1 heterocycles. The molecule has 0 aliphatic carbocycles. The first-order valence-corrected chi connectivity index (χ1v) is 21.3. The molecule has 0 N–H and O–H groups in total. The molecule has 0 atom stereocenters. The SMILES string of the molecule is c1ccc(-c2cc(-c3ccccc3)cc(N(c3ccc(-c4ccc5sc6ccccc6c5c4)cc3)c3ccccc3-c3cccc(-c4cccc5ccccc45)c3)c2)cc1. The van der Waals surface area contributed by atoms with E-state index < -0.39 is 0 Å². The summed E-state index contributed by atoms with van der Waals surface area (Å²) in [5.74, 6) is 0. The molecule has 0 aliphatic rings. The van der Waals surface area contributed by atoms with Crippen molar-refractivity contribution in [1.82, 2.24) is 0 Å². The van der Waals surface area contributed by atoms with E-state index in [1.807, 2.05) is 11.3 Å². The molecule has 60 heavy (non-hydrogen) atoms. The molecule has 0 aliphatic heterocycles. The number of rotatable bonds is 8. The van der Waals surface area contributed by atoms with E-state index >= 15 is 0 Å². The largest absolute Gasteiger partial charge is 0.310 e. The van der Waals surface area contributed by atoms with Crippen LogP contribution in [0.2, 0.25) is 0 Å². The number of hydrogen-bond donors (Lipinski definition) is 0. The van der Waals surface area contributed by atoms with Crippen LogP contribution in [-0.2, 0) is 0 Å². The van der Waals surface area contributed by atoms with E-state index in [0.29, 0.717) is 0 Å². The molecule has 0 radical (unpaired) electrons. The highest BCUT2D eigenvalue weighted by Crippen LogP contribution is 2.45. The monoisotopic (exact) mass is 781 g/mol. The highest BCUT2D eigenvalue weighted by atomic mass is 32.1. The van der Waals surface area contributed by atoms with E-state index in [2.05, 4.69) is 241 Å². The first kappa shape index (κ1) is 35.6. The van der Waals surface area contributed by atoms with E-state index in [1.165, 1.54) is 75.5 Å². The van der Waals surface area contributed by atoms with Gasteiger partial charge in [0.1, 0.15) is 0 Å². The summed E-state index contributed by atoms with van der Waals surface area (Å²) < 4.78 is 2.64. The van der Waals surface area contributed by atoms with Crippen LogP contribution in [-0.4, -0.2) is 0 Å². The lowest BCUT2D eigenvalue weighted by molar-refractivity contribution is 1.28. The quantitative estimate of drug-likeness (QED) is 0.148. The number of anilines is 3. The Balaban J connectivity index is 1.09. The van der Waals surface area contributed by atoms with Crippen molar-refractivity contribution < 1.29 is 0 Å². The Hall–Kier alpha value is -7.52. The lowest BCUT2D eigenvalue weighted by Gasteiger charge is -2.29. The molecule has 0 saturated carbocycles. The van der Waals surface area contributed by atoms with Crippen molar-refractivity contribution in [1.29, 1.82) is 0 Å². The van der Waals surface area contributed by atoms with Crippen LogP contribution in [0.5, 0.6) is 0 Å². The lowest BCUT2D eigenvalue weighted by atomic mass is 9.94. The summed E-state index contributed by atoms with van der Waals surface area (Å²) in [5.41, 5.74) is 15.1. The lowest BCUT2D eigenvalue weighted by Crippen LogP contribution is -2.11. The highest BCUT2D eigenvalue weighted by molar-refractivity contribution is 7.25. The van der Waals surface area contributed by atoms with Gasteiger partial charge in [0.25, 0.3) is 0 Å².